The molecule has 2 aliphatic carbocycles. The Labute approximate surface area is 132 Å². The van der Waals surface area contributed by atoms with Crippen molar-refractivity contribution in [1.29, 1.82) is 0 Å². The number of hydrogen-bond acceptors (Lipinski definition) is 4. The van der Waals surface area contributed by atoms with Gasteiger partial charge >= 0.3 is 5.97 Å². The molecular formula is C18H27NO3. The zero-order valence-electron chi connectivity index (χ0n) is 13.3. The van der Waals surface area contributed by atoms with Crippen molar-refractivity contribution in [2.75, 3.05) is 0 Å². The number of hydrogen-bond donors (Lipinski definition) is 2. The Morgan fingerprint density at radius 3 is 3.05 bits per heavy atom. The summed E-state index contributed by atoms with van der Waals surface area (Å²) in [7, 11) is 0. The molecule has 3 rings (SSSR count). The average molecular weight is 305 g/mol. The monoisotopic (exact) mass is 305 g/mol. The molecule has 1 aliphatic heterocycles. The van der Waals surface area contributed by atoms with Gasteiger partial charge in [-0.1, -0.05) is 25.2 Å². The number of allylic oxidation sites excluding steroid dienone is 2. The van der Waals surface area contributed by atoms with Crippen LogP contribution < -0.4 is 5.73 Å². The molecule has 122 valence electrons. The minimum atomic E-state index is -0.549. The first-order chi connectivity index (χ1) is 10.5. The Morgan fingerprint density at radius 1 is 1.45 bits per heavy atom. The number of nitrogens with two attached hydrogens (primary N) is 1. The van der Waals surface area contributed by atoms with Crippen LogP contribution in [0.2, 0.25) is 0 Å². The van der Waals surface area contributed by atoms with E-state index in [9.17, 15) is 9.90 Å². The number of carbonyl (C=O) groups excluding carboxylic acids is 1. The van der Waals surface area contributed by atoms with Crippen LogP contribution in [-0.4, -0.2) is 28.8 Å². The van der Waals surface area contributed by atoms with Crippen LogP contribution in [0.3, 0.4) is 0 Å². The fourth-order valence-corrected chi connectivity index (χ4v) is 4.39. The second-order valence-electron chi connectivity index (χ2n) is 7.20. The zero-order chi connectivity index (χ0) is 15.7. The largest absolute Gasteiger partial charge is 0.462 e. The van der Waals surface area contributed by atoms with Crippen molar-refractivity contribution >= 4 is 5.97 Å². The van der Waals surface area contributed by atoms with Crippen molar-refractivity contribution in [2.24, 2.45) is 17.6 Å². The van der Waals surface area contributed by atoms with Gasteiger partial charge in [0.05, 0.1) is 12.5 Å². The fourth-order valence-electron chi connectivity index (χ4n) is 4.39. The summed E-state index contributed by atoms with van der Waals surface area (Å²) in [6.45, 7) is 2.23. The summed E-state index contributed by atoms with van der Waals surface area (Å²) in [5.74, 6) is 0.535. The van der Waals surface area contributed by atoms with Crippen molar-refractivity contribution in [3.8, 4) is 0 Å². The molecule has 5 atom stereocenters. The number of carbonyl (C=O) groups is 1. The lowest BCUT2D eigenvalue weighted by atomic mass is 9.63. The second-order valence-corrected chi connectivity index (χ2v) is 7.20. The van der Waals surface area contributed by atoms with Gasteiger partial charge < -0.3 is 15.6 Å². The van der Waals surface area contributed by atoms with Crippen LogP contribution in [0.25, 0.3) is 0 Å². The topological polar surface area (TPSA) is 72.5 Å². The van der Waals surface area contributed by atoms with Crippen LogP contribution in [-0.2, 0) is 9.53 Å². The smallest absolute Gasteiger partial charge is 0.308 e. The number of rotatable bonds is 3. The molecule has 0 saturated carbocycles. The van der Waals surface area contributed by atoms with Gasteiger partial charge in [-0.05, 0) is 49.5 Å². The summed E-state index contributed by atoms with van der Waals surface area (Å²) >= 11 is 0. The molecule has 0 spiro atoms. The second kappa shape index (κ2) is 6.17. The third-order valence-corrected chi connectivity index (χ3v) is 5.61. The lowest BCUT2D eigenvalue weighted by Crippen LogP contribution is -2.53. The maximum Gasteiger partial charge on any atom is 0.308 e. The van der Waals surface area contributed by atoms with Crippen LogP contribution in [0.15, 0.2) is 23.8 Å². The molecule has 0 aromatic heterocycles. The van der Waals surface area contributed by atoms with Crippen molar-refractivity contribution in [1.82, 2.24) is 0 Å². The average Bonchev–Trinajstić information content (AvgIpc) is 2.45. The van der Waals surface area contributed by atoms with Gasteiger partial charge in [0.2, 0.25) is 0 Å². The van der Waals surface area contributed by atoms with E-state index in [1.165, 1.54) is 5.57 Å². The van der Waals surface area contributed by atoms with E-state index in [0.717, 1.165) is 32.1 Å². The first kappa shape index (κ1) is 15.8. The van der Waals surface area contributed by atoms with E-state index >= 15 is 0 Å². The zero-order valence-corrected chi connectivity index (χ0v) is 13.3. The van der Waals surface area contributed by atoms with Gasteiger partial charge in [0.1, 0.15) is 6.10 Å². The molecule has 0 aromatic carbocycles. The highest BCUT2D eigenvalue weighted by molar-refractivity contribution is 5.70. The predicted octanol–water partition coefficient (Wildman–Crippen LogP) is 2.46. The molecule has 0 bridgehead atoms. The van der Waals surface area contributed by atoms with E-state index in [1.807, 2.05) is 0 Å². The molecule has 1 fully saturated rings. The number of fused-ring (bicyclic) bond motifs is 1. The molecule has 1 heterocycles. The van der Waals surface area contributed by atoms with Crippen molar-refractivity contribution in [3.63, 3.8) is 0 Å². The van der Waals surface area contributed by atoms with Gasteiger partial charge in [-0.3, -0.25) is 4.79 Å². The first-order valence-corrected chi connectivity index (χ1v) is 8.54. The Kier molecular flexibility index (Phi) is 4.42. The maximum absolute atomic E-state index is 11.5. The minimum Gasteiger partial charge on any atom is -0.462 e. The van der Waals surface area contributed by atoms with Crippen molar-refractivity contribution < 1.29 is 14.6 Å². The fraction of sp³-hybridized carbons (Fsp3) is 0.722. The van der Waals surface area contributed by atoms with E-state index in [-0.39, 0.29) is 24.0 Å². The third kappa shape index (κ3) is 2.99. The van der Waals surface area contributed by atoms with Crippen LogP contribution in [0.4, 0.5) is 0 Å². The van der Waals surface area contributed by atoms with Gasteiger partial charge in [0.25, 0.3) is 0 Å². The Balaban J connectivity index is 1.68. The van der Waals surface area contributed by atoms with Crippen molar-refractivity contribution in [3.05, 3.63) is 23.8 Å². The minimum absolute atomic E-state index is 0.132. The number of ether oxygens (including phenoxy) is 1. The summed E-state index contributed by atoms with van der Waals surface area (Å²) in [4.78, 5) is 11.5. The van der Waals surface area contributed by atoms with Crippen LogP contribution >= 0.6 is 0 Å². The van der Waals surface area contributed by atoms with Gasteiger partial charge in [0, 0.05) is 12.0 Å². The summed E-state index contributed by atoms with van der Waals surface area (Å²) in [5.41, 5.74) is 7.84. The van der Waals surface area contributed by atoms with Crippen molar-refractivity contribution in [2.45, 2.75) is 69.6 Å². The molecule has 4 heteroatoms. The van der Waals surface area contributed by atoms with E-state index in [1.54, 1.807) is 0 Å². The number of esters is 1. The highest BCUT2D eigenvalue weighted by atomic mass is 16.5. The quantitative estimate of drug-likeness (QED) is 0.786. The molecule has 2 unspecified atom stereocenters. The van der Waals surface area contributed by atoms with E-state index in [4.69, 9.17) is 10.5 Å². The highest BCUT2D eigenvalue weighted by Crippen LogP contribution is 2.44. The summed E-state index contributed by atoms with van der Waals surface area (Å²) in [5, 5.41) is 9.73. The standard InChI is InChI=1S/C18H27NO3/c1-12-5-6-13-4-2-3-9-18(13,19)16(12)8-7-15-10-14(20)11-17(21)22-15/h4-6,12,14-16,20H,2-3,7-11,19H2,1H3/t12-,14+,15?,16?,18+/m0/s1. The highest BCUT2D eigenvalue weighted by Gasteiger charge is 2.43. The number of aliphatic hydroxyl groups excluding tert-OH is 1. The van der Waals surface area contributed by atoms with Gasteiger partial charge in [-0.2, -0.15) is 0 Å². The SMILES string of the molecule is C[C@H]1C=CC2=CCCC[C@]2(N)C1CCC1C[C@@H](O)CC(=O)O1. The molecule has 1 saturated heterocycles. The molecular weight excluding hydrogens is 278 g/mol. The molecule has 4 nitrogen and oxygen atoms in total. The molecule has 0 aromatic rings. The predicted molar refractivity (Wildman–Crippen MR) is 85.0 cm³/mol. The Bertz CT molecular complexity index is 499. The lowest BCUT2D eigenvalue weighted by molar-refractivity contribution is -0.160. The molecule has 3 N–H and O–H groups in total. The van der Waals surface area contributed by atoms with Crippen LogP contribution in [0.1, 0.15) is 51.9 Å². The maximum atomic E-state index is 11.5. The normalized spacial score (nSPS) is 41.6. The van der Waals surface area contributed by atoms with Gasteiger partial charge in [-0.25, -0.2) is 0 Å². The molecule has 0 amide bonds. The van der Waals surface area contributed by atoms with E-state index in [0.29, 0.717) is 18.3 Å². The number of cyclic esters (lactones) is 1. The summed E-state index contributed by atoms with van der Waals surface area (Å²) in [6, 6.07) is 0. The van der Waals surface area contributed by atoms with E-state index in [2.05, 4.69) is 25.2 Å². The molecule has 0 radical (unpaired) electrons. The van der Waals surface area contributed by atoms with Gasteiger partial charge in [-0.15, -0.1) is 0 Å². The van der Waals surface area contributed by atoms with E-state index < -0.39 is 6.10 Å². The first-order valence-electron chi connectivity index (χ1n) is 8.54. The van der Waals surface area contributed by atoms with Crippen LogP contribution in [0, 0.1) is 11.8 Å². The molecule has 3 aliphatic rings. The third-order valence-electron chi connectivity index (χ3n) is 5.61. The lowest BCUT2D eigenvalue weighted by Gasteiger charge is -2.46. The number of aliphatic hydroxyl groups is 1. The summed E-state index contributed by atoms with van der Waals surface area (Å²) in [6.07, 6.45) is 11.7. The Morgan fingerprint density at radius 2 is 2.27 bits per heavy atom. The summed E-state index contributed by atoms with van der Waals surface area (Å²) < 4.78 is 5.38. The van der Waals surface area contributed by atoms with Crippen LogP contribution in [0.5, 0.6) is 0 Å². The Hall–Kier alpha value is -1.13. The van der Waals surface area contributed by atoms with Gasteiger partial charge in [0.15, 0.2) is 0 Å². The molecule has 22 heavy (non-hydrogen) atoms.